The lowest BCUT2D eigenvalue weighted by atomic mass is 10.3. The first-order valence-electron chi connectivity index (χ1n) is 5.48. The highest BCUT2D eigenvalue weighted by Crippen LogP contribution is 2.15. The van der Waals surface area contributed by atoms with Gasteiger partial charge in [-0.25, -0.2) is 9.59 Å². The third kappa shape index (κ3) is 1.71. The van der Waals surface area contributed by atoms with Crippen molar-refractivity contribution in [3.63, 3.8) is 0 Å². The van der Waals surface area contributed by atoms with E-state index < -0.39 is 17.0 Å². The van der Waals surface area contributed by atoms with Crippen molar-refractivity contribution in [3.05, 3.63) is 61.9 Å². The van der Waals surface area contributed by atoms with Crippen molar-refractivity contribution in [2.75, 3.05) is 0 Å². The molecule has 1 N–H and O–H groups in total. The fourth-order valence-electron chi connectivity index (χ4n) is 1.89. The molecule has 1 aromatic carbocycles. The number of hydrogen-bond acceptors (Lipinski definition) is 4. The molecule has 0 aliphatic rings. The minimum atomic E-state index is -0.551. The quantitative estimate of drug-likeness (QED) is 0.664. The molecule has 2 heterocycles. The van der Waals surface area contributed by atoms with E-state index in [1.54, 1.807) is 25.2 Å². The van der Waals surface area contributed by atoms with Gasteiger partial charge in [-0.2, -0.15) is 0 Å². The summed E-state index contributed by atoms with van der Waals surface area (Å²) in [6.45, 7) is 0. The van der Waals surface area contributed by atoms with Crippen LogP contribution in [0.1, 0.15) is 0 Å². The SMILES string of the molecule is Cn1c(=O)oc2cc(-n3ccc(=O)[nH]c3=O)ccc21. The fraction of sp³-hybridized carbons (Fsp3) is 0.0833. The summed E-state index contributed by atoms with van der Waals surface area (Å²) in [5.41, 5.74) is 0.496. The molecule has 0 atom stereocenters. The molecule has 3 rings (SSSR count). The van der Waals surface area contributed by atoms with Crippen molar-refractivity contribution in [3.8, 4) is 5.69 Å². The van der Waals surface area contributed by atoms with Gasteiger partial charge in [-0.1, -0.05) is 0 Å². The van der Waals surface area contributed by atoms with Crippen LogP contribution in [-0.4, -0.2) is 14.1 Å². The molecule has 0 fully saturated rings. The minimum absolute atomic E-state index is 0.378. The Labute approximate surface area is 105 Å². The monoisotopic (exact) mass is 259 g/mol. The Morgan fingerprint density at radius 1 is 1.16 bits per heavy atom. The van der Waals surface area contributed by atoms with Gasteiger partial charge in [0.1, 0.15) is 0 Å². The molecule has 0 aliphatic heterocycles. The summed E-state index contributed by atoms with van der Waals surface area (Å²) in [5, 5.41) is 0. The van der Waals surface area contributed by atoms with Crippen LogP contribution in [0.5, 0.6) is 0 Å². The number of aryl methyl sites for hydroxylation is 1. The standard InChI is InChI=1S/C12H9N3O4/c1-14-8-3-2-7(6-9(8)19-12(14)18)15-5-4-10(16)13-11(15)17/h2-6H,1H3,(H,13,16,17). The first-order valence-corrected chi connectivity index (χ1v) is 5.48. The Morgan fingerprint density at radius 2 is 1.95 bits per heavy atom. The second-order valence-electron chi connectivity index (χ2n) is 4.06. The first-order chi connectivity index (χ1) is 9.06. The van der Waals surface area contributed by atoms with E-state index in [1.807, 2.05) is 0 Å². The molecule has 19 heavy (non-hydrogen) atoms. The molecule has 0 saturated heterocycles. The van der Waals surface area contributed by atoms with E-state index in [-0.39, 0.29) is 0 Å². The summed E-state index contributed by atoms with van der Waals surface area (Å²) < 4.78 is 7.67. The van der Waals surface area contributed by atoms with Crippen LogP contribution in [0, 0.1) is 0 Å². The van der Waals surface area contributed by atoms with Crippen molar-refractivity contribution in [2.45, 2.75) is 0 Å². The molecule has 0 unspecified atom stereocenters. The lowest BCUT2D eigenvalue weighted by Gasteiger charge is -2.03. The zero-order valence-corrected chi connectivity index (χ0v) is 9.91. The third-order valence-electron chi connectivity index (χ3n) is 2.88. The zero-order chi connectivity index (χ0) is 13.6. The maximum absolute atomic E-state index is 11.7. The van der Waals surface area contributed by atoms with Crippen LogP contribution >= 0.6 is 0 Å². The van der Waals surface area contributed by atoms with Crippen LogP contribution in [0.25, 0.3) is 16.8 Å². The molecule has 0 amide bonds. The van der Waals surface area contributed by atoms with Crippen LogP contribution in [0.15, 0.2) is 49.3 Å². The Bertz CT molecular complexity index is 942. The van der Waals surface area contributed by atoms with Crippen molar-refractivity contribution >= 4 is 11.1 Å². The number of nitrogens with zero attached hydrogens (tertiary/aromatic N) is 2. The molecule has 0 saturated carbocycles. The Morgan fingerprint density at radius 3 is 2.68 bits per heavy atom. The Kier molecular flexibility index (Phi) is 2.28. The van der Waals surface area contributed by atoms with Crippen molar-refractivity contribution in [2.24, 2.45) is 7.05 Å². The molecule has 96 valence electrons. The van der Waals surface area contributed by atoms with Gasteiger partial charge in [0, 0.05) is 25.4 Å². The van der Waals surface area contributed by atoms with Crippen LogP contribution in [-0.2, 0) is 7.05 Å². The van der Waals surface area contributed by atoms with Crippen LogP contribution < -0.4 is 17.0 Å². The fourth-order valence-corrected chi connectivity index (χ4v) is 1.89. The summed E-state index contributed by atoms with van der Waals surface area (Å²) in [5.74, 6) is -0.471. The molecule has 7 nitrogen and oxygen atoms in total. The van der Waals surface area contributed by atoms with E-state index in [1.165, 1.54) is 21.4 Å². The van der Waals surface area contributed by atoms with E-state index in [4.69, 9.17) is 4.42 Å². The molecule has 0 aliphatic carbocycles. The van der Waals surface area contributed by atoms with Gasteiger partial charge in [0.25, 0.3) is 5.56 Å². The average Bonchev–Trinajstić information content (AvgIpc) is 2.64. The molecular weight excluding hydrogens is 250 g/mol. The molecule has 0 bridgehead atoms. The number of aromatic nitrogens is 3. The molecule has 7 heteroatoms. The van der Waals surface area contributed by atoms with E-state index in [0.717, 1.165) is 0 Å². The number of nitrogens with one attached hydrogen (secondary N) is 1. The van der Waals surface area contributed by atoms with Crippen LogP contribution in [0.4, 0.5) is 0 Å². The maximum Gasteiger partial charge on any atom is 0.419 e. The smallest absolute Gasteiger partial charge is 0.408 e. The van der Waals surface area contributed by atoms with Crippen molar-refractivity contribution < 1.29 is 4.42 Å². The number of benzene rings is 1. The van der Waals surface area contributed by atoms with Gasteiger partial charge in [0.05, 0.1) is 11.2 Å². The lowest BCUT2D eigenvalue weighted by molar-refractivity contribution is 0.528. The number of hydrogen-bond donors (Lipinski definition) is 1. The van der Waals surface area contributed by atoms with E-state index >= 15 is 0 Å². The first kappa shape index (κ1) is 11.3. The van der Waals surface area contributed by atoms with E-state index in [2.05, 4.69) is 4.98 Å². The second-order valence-corrected chi connectivity index (χ2v) is 4.06. The minimum Gasteiger partial charge on any atom is -0.408 e. The zero-order valence-electron chi connectivity index (χ0n) is 9.91. The summed E-state index contributed by atoms with van der Waals surface area (Å²) in [6.07, 6.45) is 1.36. The van der Waals surface area contributed by atoms with Gasteiger partial charge < -0.3 is 4.42 Å². The number of H-pyrrole nitrogens is 1. The molecule has 3 aromatic rings. The molecule has 0 spiro atoms. The normalized spacial score (nSPS) is 11.0. The number of oxazole rings is 1. The number of rotatable bonds is 1. The maximum atomic E-state index is 11.7. The third-order valence-corrected chi connectivity index (χ3v) is 2.88. The highest BCUT2D eigenvalue weighted by Gasteiger charge is 2.08. The Balaban J connectivity index is 2.29. The van der Waals surface area contributed by atoms with Crippen molar-refractivity contribution in [1.29, 1.82) is 0 Å². The summed E-state index contributed by atoms with van der Waals surface area (Å²) in [7, 11) is 1.60. The van der Waals surface area contributed by atoms with E-state index in [0.29, 0.717) is 16.8 Å². The molecule has 0 radical (unpaired) electrons. The molecule has 2 aromatic heterocycles. The van der Waals surface area contributed by atoms with Crippen LogP contribution in [0.2, 0.25) is 0 Å². The van der Waals surface area contributed by atoms with Crippen molar-refractivity contribution in [1.82, 2.24) is 14.1 Å². The summed E-state index contributed by atoms with van der Waals surface area (Å²) >= 11 is 0. The predicted molar refractivity (Wildman–Crippen MR) is 67.7 cm³/mol. The Hall–Kier alpha value is -2.83. The van der Waals surface area contributed by atoms with Gasteiger partial charge >= 0.3 is 11.4 Å². The summed E-state index contributed by atoms with van der Waals surface area (Å²) in [6, 6.07) is 6.15. The van der Waals surface area contributed by atoms with Gasteiger partial charge in [0.2, 0.25) is 0 Å². The average molecular weight is 259 g/mol. The highest BCUT2D eigenvalue weighted by molar-refractivity contribution is 5.75. The summed E-state index contributed by atoms with van der Waals surface area (Å²) in [4.78, 5) is 36.2. The number of fused-ring (bicyclic) bond motifs is 1. The van der Waals surface area contributed by atoms with Gasteiger partial charge in [-0.15, -0.1) is 0 Å². The number of aromatic amines is 1. The molecular formula is C12H9N3O4. The van der Waals surface area contributed by atoms with E-state index in [9.17, 15) is 14.4 Å². The highest BCUT2D eigenvalue weighted by atomic mass is 16.4. The predicted octanol–water partition coefficient (Wildman–Crippen LogP) is -0.0293. The second kappa shape index (κ2) is 3.84. The van der Waals surface area contributed by atoms with Gasteiger partial charge in [0.15, 0.2) is 5.58 Å². The lowest BCUT2D eigenvalue weighted by Crippen LogP contribution is -2.27. The van der Waals surface area contributed by atoms with Gasteiger partial charge in [-0.3, -0.25) is 18.9 Å². The topological polar surface area (TPSA) is 90.0 Å². The van der Waals surface area contributed by atoms with Crippen LogP contribution in [0.3, 0.4) is 0 Å². The van der Waals surface area contributed by atoms with Gasteiger partial charge in [-0.05, 0) is 12.1 Å². The largest absolute Gasteiger partial charge is 0.419 e.